The molecule has 0 aliphatic heterocycles. The van der Waals surface area contributed by atoms with Gasteiger partial charge in [0.2, 0.25) is 0 Å². The Morgan fingerprint density at radius 3 is 2.63 bits per heavy atom. The fourth-order valence-corrected chi connectivity index (χ4v) is 2.14. The Hall–Kier alpha value is -1.88. The lowest BCUT2D eigenvalue weighted by molar-refractivity contribution is 0.102. The first-order chi connectivity index (χ1) is 8.97. The van der Waals surface area contributed by atoms with Gasteiger partial charge in [0, 0.05) is 4.47 Å². The number of nitrogens with one attached hydrogen (secondary N) is 1. The van der Waals surface area contributed by atoms with E-state index in [0.717, 1.165) is 5.56 Å². The number of amides is 1. The van der Waals surface area contributed by atoms with Crippen LogP contribution in [0.15, 0.2) is 40.9 Å². The Kier molecular flexibility index (Phi) is 3.85. The average molecular weight is 324 g/mol. The standard InChI is InChI=1S/C14H11BrFNO2/c1-8-2-5-12(13(18)6-8)17-14(19)10-4-3-9(16)7-11(10)15/h2-7,18H,1H3,(H,17,19). The summed E-state index contributed by atoms with van der Waals surface area (Å²) in [4.78, 5) is 12.0. The van der Waals surface area contributed by atoms with Crippen molar-refractivity contribution in [2.45, 2.75) is 6.92 Å². The van der Waals surface area contributed by atoms with E-state index in [1.807, 2.05) is 6.92 Å². The molecule has 0 saturated heterocycles. The van der Waals surface area contributed by atoms with Crippen molar-refractivity contribution in [3.63, 3.8) is 0 Å². The minimum Gasteiger partial charge on any atom is -0.506 e. The molecule has 2 aromatic carbocycles. The number of aromatic hydroxyl groups is 1. The maximum atomic E-state index is 12.9. The van der Waals surface area contributed by atoms with E-state index in [2.05, 4.69) is 21.2 Å². The molecule has 2 N–H and O–H groups in total. The number of halogens is 2. The summed E-state index contributed by atoms with van der Waals surface area (Å²) in [5, 5.41) is 12.3. The number of anilines is 1. The molecule has 0 radical (unpaired) electrons. The van der Waals surface area contributed by atoms with Crippen LogP contribution >= 0.6 is 15.9 Å². The van der Waals surface area contributed by atoms with Gasteiger partial charge >= 0.3 is 0 Å². The Morgan fingerprint density at radius 2 is 2.00 bits per heavy atom. The molecule has 0 heterocycles. The highest BCUT2D eigenvalue weighted by atomic mass is 79.9. The van der Waals surface area contributed by atoms with Gasteiger partial charge in [-0.15, -0.1) is 0 Å². The van der Waals surface area contributed by atoms with Crippen LogP contribution in [0, 0.1) is 12.7 Å². The summed E-state index contributed by atoms with van der Waals surface area (Å²) in [7, 11) is 0. The van der Waals surface area contributed by atoms with E-state index in [1.54, 1.807) is 18.2 Å². The van der Waals surface area contributed by atoms with E-state index < -0.39 is 11.7 Å². The number of rotatable bonds is 2. The lowest BCUT2D eigenvalue weighted by Crippen LogP contribution is -2.12. The second kappa shape index (κ2) is 5.40. The summed E-state index contributed by atoms with van der Waals surface area (Å²) in [6, 6.07) is 8.73. The van der Waals surface area contributed by atoms with E-state index in [-0.39, 0.29) is 5.75 Å². The second-order valence-electron chi connectivity index (χ2n) is 4.10. The molecule has 19 heavy (non-hydrogen) atoms. The molecule has 0 aliphatic rings. The van der Waals surface area contributed by atoms with Gasteiger partial charge in [0.25, 0.3) is 5.91 Å². The van der Waals surface area contributed by atoms with Gasteiger partial charge in [-0.1, -0.05) is 6.07 Å². The van der Waals surface area contributed by atoms with Crippen molar-refractivity contribution >= 4 is 27.5 Å². The highest BCUT2D eigenvalue weighted by Gasteiger charge is 2.12. The highest BCUT2D eigenvalue weighted by molar-refractivity contribution is 9.10. The zero-order chi connectivity index (χ0) is 14.0. The Bertz CT molecular complexity index is 643. The summed E-state index contributed by atoms with van der Waals surface area (Å²) < 4.78 is 13.3. The fraction of sp³-hybridized carbons (Fsp3) is 0.0714. The first kappa shape index (κ1) is 13.5. The van der Waals surface area contributed by atoms with Crippen molar-refractivity contribution < 1.29 is 14.3 Å². The van der Waals surface area contributed by atoms with Crippen molar-refractivity contribution in [3.8, 4) is 5.75 Å². The van der Waals surface area contributed by atoms with E-state index in [0.29, 0.717) is 15.7 Å². The number of aryl methyl sites for hydroxylation is 1. The molecule has 5 heteroatoms. The quantitative estimate of drug-likeness (QED) is 0.824. The van der Waals surface area contributed by atoms with E-state index in [1.165, 1.54) is 18.2 Å². The minimum atomic E-state index is -0.429. The fourth-order valence-electron chi connectivity index (χ4n) is 1.61. The third kappa shape index (κ3) is 3.12. The SMILES string of the molecule is Cc1ccc(NC(=O)c2ccc(F)cc2Br)c(O)c1. The zero-order valence-corrected chi connectivity index (χ0v) is 11.7. The number of carbonyl (C=O) groups is 1. The summed E-state index contributed by atoms with van der Waals surface area (Å²) in [6.07, 6.45) is 0. The molecule has 0 aromatic heterocycles. The topological polar surface area (TPSA) is 49.3 Å². The van der Waals surface area contributed by atoms with Crippen molar-refractivity contribution in [2.75, 3.05) is 5.32 Å². The zero-order valence-electron chi connectivity index (χ0n) is 10.1. The number of hydrogen-bond donors (Lipinski definition) is 2. The van der Waals surface area contributed by atoms with Gasteiger partial charge in [-0.05, 0) is 58.7 Å². The predicted octanol–water partition coefficient (Wildman–Crippen LogP) is 3.85. The highest BCUT2D eigenvalue weighted by Crippen LogP contribution is 2.26. The number of hydrogen-bond acceptors (Lipinski definition) is 2. The normalized spacial score (nSPS) is 10.3. The largest absolute Gasteiger partial charge is 0.506 e. The molecule has 2 aromatic rings. The molecule has 3 nitrogen and oxygen atoms in total. The first-order valence-corrected chi connectivity index (χ1v) is 6.32. The molecule has 0 unspecified atom stereocenters. The summed E-state index contributed by atoms with van der Waals surface area (Å²) in [5.74, 6) is -0.862. The number of phenols is 1. The third-order valence-corrected chi connectivity index (χ3v) is 3.23. The number of carbonyl (C=O) groups excluding carboxylic acids is 1. The third-order valence-electron chi connectivity index (χ3n) is 2.58. The van der Waals surface area contributed by atoms with Crippen LogP contribution in [0.3, 0.4) is 0 Å². The van der Waals surface area contributed by atoms with Gasteiger partial charge in [0.1, 0.15) is 11.6 Å². The van der Waals surface area contributed by atoms with Crippen LogP contribution < -0.4 is 5.32 Å². The van der Waals surface area contributed by atoms with Crippen LogP contribution in [0.25, 0.3) is 0 Å². The molecule has 0 saturated carbocycles. The van der Waals surface area contributed by atoms with Gasteiger partial charge in [-0.2, -0.15) is 0 Å². The molecule has 0 spiro atoms. The van der Waals surface area contributed by atoms with Gasteiger partial charge in [0.15, 0.2) is 0 Å². The predicted molar refractivity (Wildman–Crippen MR) is 74.9 cm³/mol. The molecule has 1 amide bonds. The van der Waals surface area contributed by atoms with Crippen molar-refractivity contribution in [1.29, 1.82) is 0 Å². The van der Waals surface area contributed by atoms with E-state index >= 15 is 0 Å². The molecule has 0 atom stereocenters. The summed E-state index contributed by atoms with van der Waals surface area (Å²) in [5.41, 5.74) is 1.49. The average Bonchev–Trinajstić information content (AvgIpc) is 2.32. The monoisotopic (exact) mass is 323 g/mol. The first-order valence-electron chi connectivity index (χ1n) is 5.53. The van der Waals surface area contributed by atoms with Crippen LogP contribution in [0.5, 0.6) is 5.75 Å². The lowest BCUT2D eigenvalue weighted by atomic mass is 10.2. The van der Waals surface area contributed by atoms with Gasteiger partial charge in [-0.3, -0.25) is 4.79 Å². The van der Waals surface area contributed by atoms with E-state index in [9.17, 15) is 14.3 Å². The second-order valence-corrected chi connectivity index (χ2v) is 4.95. The van der Waals surface area contributed by atoms with Gasteiger partial charge < -0.3 is 10.4 Å². The van der Waals surface area contributed by atoms with E-state index in [4.69, 9.17) is 0 Å². The van der Waals surface area contributed by atoms with Crippen molar-refractivity contribution in [3.05, 3.63) is 57.8 Å². The van der Waals surface area contributed by atoms with Crippen molar-refractivity contribution in [2.24, 2.45) is 0 Å². The van der Waals surface area contributed by atoms with Crippen molar-refractivity contribution in [1.82, 2.24) is 0 Å². The maximum Gasteiger partial charge on any atom is 0.256 e. The molecule has 0 aliphatic carbocycles. The molecule has 98 valence electrons. The maximum absolute atomic E-state index is 12.9. The Labute approximate surface area is 118 Å². The van der Waals surface area contributed by atoms with Crippen LogP contribution in [0.4, 0.5) is 10.1 Å². The van der Waals surface area contributed by atoms with Gasteiger partial charge in [-0.25, -0.2) is 4.39 Å². The number of benzene rings is 2. The van der Waals surface area contributed by atoms with Crippen LogP contribution in [0.1, 0.15) is 15.9 Å². The molecular formula is C14H11BrFNO2. The molecule has 0 fully saturated rings. The lowest BCUT2D eigenvalue weighted by Gasteiger charge is -2.09. The molecule has 0 bridgehead atoms. The Morgan fingerprint density at radius 1 is 1.26 bits per heavy atom. The molecular weight excluding hydrogens is 313 g/mol. The number of phenolic OH excluding ortho intramolecular Hbond substituents is 1. The van der Waals surface area contributed by atoms with Crippen LogP contribution in [0.2, 0.25) is 0 Å². The van der Waals surface area contributed by atoms with Crippen LogP contribution in [-0.4, -0.2) is 11.0 Å². The van der Waals surface area contributed by atoms with Gasteiger partial charge in [0.05, 0.1) is 11.3 Å². The minimum absolute atomic E-state index is 0.00779. The Balaban J connectivity index is 2.25. The summed E-state index contributed by atoms with van der Waals surface area (Å²) >= 11 is 3.13. The summed E-state index contributed by atoms with van der Waals surface area (Å²) in [6.45, 7) is 1.84. The smallest absolute Gasteiger partial charge is 0.256 e. The molecule has 2 rings (SSSR count). The van der Waals surface area contributed by atoms with Crippen LogP contribution in [-0.2, 0) is 0 Å².